The van der Waals surface area contributed by atoms with E-state index in [-0.39, 0.29) is 24.0 Å². The number of nitriles is 1. The predicted octanol–water partition coefficient (Wildman–Crippen LogP) is 1.80. The number of aromatic nitrogens is 2. The number of hydrogen-bond acceptors (Lipinski definition) is 6. The van der Waals surface area contributed by atoms with Crippen molar-refractivity contribution in [2.24, 2.45) is 5.92 Å². The van der Waals surface area contributed by atoms with Gasteiger partial charge in [0.2, 0.25) is 0 Å². The topological polar surface area (TPSA) is 101 Å². The van der Waals surface area contributed by atoms with Crippen LogP contribution in [0.2, 0.25) is 0 Å². The summed E-state index contributed by atoms with van der Waals surface area (Å²) in [6, 6.07) is 2.09. The van der Waals surface area contributed by atoms with Crippen molar-refractivity contribution < 1.29 is 14.1 Å². The first-order valence-corrected chi connectivity index (χ1v) is 6.77. The van der Waals surface area contributed by atoms with Crippen LogP contribution in [-0.4, -0.2) is 28.2 Å². The van der Waals surface area contributed by atoms with Crippen LogP contribution in [0, 0.1) is 17.2 Å². The molecule has 0 saturated heterocycles. The maximum absolute atomic E-state index is 11.8. The molecule has 1 aromatic rings. The fraction of sp³-hybridized carbons (Fsp3) is 0.714. The van der Waals surface area contributed by atoms with E-state index >= 15 is 0 Å². The average molecular weight is 294 g/mol. The Bertz CT molecular complexity index is 539. The smallest absolute Gasteiger partial charge is 0.417 e. The number of hydrogen-bond donors (Lipinski definition) is 1. The molecule has 0 aliphatic heterocycles. The molecule has 21 heavy (non-hydrogen) atoms. The van der Waals surface area contributed by atoms with Crippen molar-refractivity contribution in [1.82, 2.24) is 15.5 Å². The molecule has 7 nitrogen and oxygen atoms in total. The molecule has 0 aromatic carbocycles. The van der Waals surface area contributed by atoms with E-state index in [2.05, 4.69) is 21.5 Å². The number of amides is 1. The third kappa shape index (κ3) is 4.45. The molecule has 0 saturated carbocycles. The molecule has 116 valence electrons. The molecule has 0 aliphatic rings. The van der Waals surface area contributed by atoms with Crippen molar-refractivity contribution >= 4 is 5.91 Å². The van der Waals surface area contributed by atoms with Crippen LogP contribution in [-0.2, 0) is 10.2 Å². The molecular weight excluding hydrogens is 272 g/mol. The van der Waals surface area contributed by atoms with Crippen molar-refractivity contribution in [1.29, 1.82) is 5.26 Å². The first kappa shape index (κ1) is 17.0. The molecule has 1 heterocycles. The lowest BCUT2D eigenvalue weighted by Crippen LogP contribution is -2.50. The average Bonchev–Trinajstić information content (AvgIpc) is 2.84. The van der Waals surface area contributed by atoms with Gasteiger partial charge in [-0.25, -0.2) is 0 Å². The molecule has 1 rings (SSSR count). The molecule has 1 aromatic heterocycles. The molecular formula is C14H22N4O3. The molecule has 1 atom stereocenters. The zero-order chi connectivity index (χ0) is 16.3. The normalized spacial score (nSPS) is 14.4. The number of carbonyl (C=O) groups excluding carboxylic acids is 1. The molecule has 0 bridgehead atoms. The number of carbonyl (C=O) groups is 1. The Hall–Kier alpha value is -2.10. The molecule has 0 radical (unpaired) electrons. The molecule has 0 fully saturated rings. The molecule has 0 unspecified atom stereocenters. The summed E-state index contributed by atoms with van der Waals surface area (Å²) in [5.41, 5.74) is -1.20. The van der Waals surface area contributed by atoms with Gasteiger partial charge in [0.25, 0.3) is 5.91 Å². The first-order chi connectivity index (χ1) is 9.58. The van der Waals surface area contributed by atoms with Gasteiger partial charge in [0.05, 0.1) is 6.07 Å². The minimum atomic E-state index is -0.939. The summed E-state index contributed by atoms with van der Waals surface area (Å²) in [5.74, 6) is 0.0626. The van der Waals surface area contributed by atoms with E-state index < -0.39 is 11.4 Å². The highest BCUT2D eigenvalue weighted by Crippen LogP contribution is 2.21. The zero-order valence-corrected chi connectivity index (χ0v) is 13.4. The van der Waals surface area contributed by atoms with Gasteiger partial charge in [-0.15, -0.1) is 0 Å². The second kappa shape index (κ2) is 6.12. The van der Waals surface area contributed by atoms with E-state index in [1.807, 2.05) is 34.6 Å². The first-order valence-electron chi connectivity index (χ1n) is 6.77. The van der Waals surface area contributed by atoms with Gasteiger partial charge in [-0.05, 0) is 12.8 Å². The number of nitrogens with zero attached hydrogens (tertiary/aromatic N) is 3. The van der Waals surface area contributed by atoms with Crippen LogP contribution >= 0.6 is 0 Å². The third-order valence-electron chi connectivity index (χ3n) is 3.19. The highest BCUT2D eigenvalue weighted by atomic mass is 16.6. The minimum Gasteiger partial charge on any atom is -0.439 e. The predicted molar refractivity (Wildman–Crippen MR) is 75.5 cm³/mol. The van der Waals surface area contributed by atoms with Crippen LogP contribution in [0.5, 0.6) is 6.08 Å². The van der Waals surface area contributed by atoms with Crippen LogP contribution in [0.3, 0.4) is 0 Å². The minimum absolute atomic E-state index is 0.0256. The zero-order valence-electron chi connectivity index (χ0n) is 13.4. The van der Waals surface area contributed by atoms with Gasteiger partial charge in [-0.1, -0.05) is 39.8 Å². The Labute approximate surface area is 124 Å². The monoisotopic (exact) mass is 294 g/mol. The van der Waals surface area contributed by atoms with Crippen LogP contribution in [0.4, 0.5) is 0 Å². The van der Waals surface area contributed by atoms with Gasteiger partial charge in [-0.3, -0.25) is 9.32 Å². The number of ether oxygens (including phenoxy) is 1. The lowest BCUT2D eigenvalue weighted by atomic mass is 9.90. The van der Waals surface area contributed by atoms with E-state index in [0.29, 0.717) is 5.82 Å². The van der Waals surface area contributed by atoms with Gasteiger partial charge in [-0.2, -0.15) is 10.2 Å². The van der Waals surface area contributed by atoms with Crippen molar-refractivity contribution in [2.45, 2.75) is 52.5 Å². The van der Waals surface area contributed by atoms with Crippen molar-refractivity contribution in [3.8, 4) is 12.1 Å². The molecule has 1 N–H and O–H groups in total. The van der Waals surface area contributed by atoms with Crippen molar-refractivity contribution in [3.05, 3.63) is 5.82 Å². The van der Waals surface area contributed by atoms with E-state index in [4.69, 9.17) is 14.5 Å². The number of rotatable bonds is 5. The Morgan fingerprint density at radius 2 is 2.05 bits per heavy atom. The highest BCUT2D eigenvalue weighted by Gasteiger charge is 2.30. The molecule has 0 spiro atoms. The van der Waals surface area contributed by atoms with Gasteiger partial charge in [0.15, 0.2) is 12.4 Å². The number of nitrogens with one attached hydrogen (secondary N) is 1. The second-order valence-electron chi connectivity index (χ2n) is 6.44. The van der Waals surface area contributed by atoms with E-state index in [9.17, 15) is 4.79 Å². The Morgan fingerprint density at radius 1 is 1.43 bits per heavy atom. The summed E-state index contributed by atoms with van der Waals surface area (Å²) in [5, 5.41) is 15.6. The Kier molecular flexibility index (Phi) is 4.94. The summed E-state index contributed by atoms with van der Waals surface area (Å²) in [6.45, 7) is 10.9. The summed E-state index contributed by atoms with van der Waals surface area (Å²) in [4.78, 5) is 15.9. The standard InChI is InChI=1S/C14H22N4O3/c1-9(2)14(6,8-15)17-10(19)7-20-12-16-11(18-21-12)13(3,4)5/h9H,7H2,1-6H3,(H,17,19)/t14-/m0/s1. The van der Waals surface area contributed by atoms with Crippen LogP contribution in [0.15, 0.2) is 4.52 Å². The van der Waals surface area contributed by atoms with Gasteiger partial charge < -0.3 is 10.1 Å². The van der Waals surface area contributed by atoms with Crippen molar-refractivity contribution in [3.63, 3.8) is 0 Å². The fourth-order valence-electron chi connectivity index (χ4n) is 1.33. The lowest BCUT2D eigenvalue weighted by Gasteiger charge is -2.26. The van der Waals surface area contributed by atoms with Crippen LogP contribution in [0.25, 0.3) is 0 Å². The van der Waals surface area contributed by atoms with E-state index in [1.165, 1.54) is 0 Å². The largest absolute Gasteiger partial charge is 0.439 e. The summed E-state index contributed by atoms with van der Waals surface area (Å²) < 4.78 is 10.1. The highest BCUT2D eigenvalue weighted by molar-refractivity contribution is 5.78. The van der Waals surface area contributed by atoms with E-state index in [1.54, 1.807) is 6.92 Å². The molecule has 1 amide bonds. The van der Waals surface area contributed by atoms with Crippen LogP contribution < -0.4 is 10.1 Å². The van der Waals surface area contributed by atoms with Gasteiger partial charge in [0.1, 0.15) is 5.54 Å². The molecule has 7 heteroatoms. The SMILES string of the molecule is CC(C)[C@](C)(C#N)NC(=O)COc1nc(C(C)(C)C)no1. The van der Waals surface area contributed by atoms with E-state index in [0.717, 1.165) is 0 Å². The van der Waals surface area contributed by atoms with Crippen molar-refractivity contribution in [2.75, 3.05) is 6.61 Å². The van der Waals surface area contributed by atoms with Crippen LogP contribution in [0.1, 0.15) is 47.4 Å². The van der Waals surface area contributed by atoms with Gasteiger partial charge in [0, 0.05) is 5.41 Å². The van der Waals surface area contributed by atoms with Gasteiger partial charge >= 0.3 is 6.08 Å². The summed E-state index contributed by atoms with van der Waals surface area (Å²) in [7, 11) is 0. The third-order valence-corrected chi connectivity index (χ3v) is 3.19. The summed E-state index contributed by atoms with van der Waals surface area (Å²) >= 11 is 0. The second-order valence-corrected chi connectivity index (χ2v) is 6.44. The maximum Gasteiger partial charge on any atom is 0.417 e. The maximum atomic E-state index is 11.8. The lowest BCUT2D eigenvalue weighted by molar-refractivity contribution is -0.125. The molecule has 0 aliphatic carbocycles. The fourth-order valence-corrected chi connectivity index (χ4v) is 1.33. The summed E-state index contributed by atoms with van der Waals surface area (Å²) in [6.07, 6.45) is -0.0571. The quantitative estimate of drug-likeness (QED) is 0.888. The Balaban J connectivity index is 2.58. The Morgan fingerprint density at radius 3 is 2.48 bits per heavy atom.